The molecule has 0 fully saturated rings. The Balaban J connectivity index is 3.36. The number of rotatable bonds is 16. The number of alkyl carbamates (subject to hydrolysis) is 1. The second-order valence-corrected chi connectivity index (χ2v) is 6.65. The first-order chi connectivity index (χ1) is 12.1. The number of nitrogens with zero attached hydrogens (tertiary/aromatic N) is 1. The molecule has 0 unspecified atom stereocenters. The van der Waals surface area contributed by atoms with Crippen molar-refractivity contribution in [2.75, 3.05) is 40.3 Å². The molecule has 0 saturated heterocycles. The number of methoxy groups -OCH3 is 1. The molecule has 25 heavy (non-hydrogen) atoms. The lowest BCUT2D eigenvalue weighted by Crippen LogP contribution is -2.29. The van der Waals surface area contributed by atoms with E-state index in [0.717, 1.165) is 45.3 Å². The molecule has 0 aliphatic rings. The molecule has 2 N–H and O–H groups in total. The van der Waals surface area contributed by atoms with Crippen LogP contribution in [0.25, 0.3) is 0 Å². The van der Waals surface area contributed by atoms with Crippen LogP contribution in [0.3, 0.4) is 0 Å². The summed E-state index contributed by atoms with van der Waals surface area (Å²) < 4.78 is 4.51. The molecule has 0 heterocycles. The number of ether oxygens (including phenoxy) is 1. The minimum atomic E-state index is -0.370. The number of nitrogens with one attached hydrogen (secondary N) is 2. The van der Waals surface area contributed by atoms with Gasteiger partial charge in [0.15, 0.2) is 0 Å². The Bertz CT molecular complexity index is 338. The van der Waals surface area contributed by atoms with Gasteiger partial charge in [0.1, 0.15) is 0 Å². The fourth-order valence-electron chi connectivity index (χ4n) is 2.61. The number of amides is 2. The van der Waals surface area contributed by atoms with Crippen LogP contribution >= 0.6 is 0 Å². The molecule has 0 radical (unpaired) electrons. The highest BCUT2D eigenvalue weighted by Crippen LogP contribution is 2.06. The van der Waals surface area contributed by atoms with E-state index < -0.39 is 0 Å². The lowest BCUT2D eigenvalue weighted by atomic mass is 10.1. The van der Waals surface area contributed by atoms with E-state index in [1.165, 1.54) is 39.2 Å². The summed E-state index contributed by atoms with van der Waals surface area (Å²) in [6, 6.07) is 0. The van der Waals surface area contributed by atoms with Crippen LogP contribution in [0.5, 0.6) is 0 Å². The average Bonchev–Trinajstić information content (AvgIpc) is 2.61. The molecule has 0 aromatic rings. The summed E-state index contributed by atoms with van der Waals surface area (Å²) in [6.45, 7) is 5.58. The molecule has 0 atom stereocenters. The summed E-state index contributed by atoms with van der Waals surface area (Å²) in [5.74, 6) is 0.187. The highest BCUT2D eigenvalue weighted by Gasteiger charge is 2.02. The molecule has 0 spiro atoms. The van der Waals surface area contributed by atoms with Gasteiger partial charge in [-0.1, -0.05) is 39.0 Å². The van der Waals surface area contributed by atoms with Gasteiger partial charge in [-0.2, -0.15) is 0 Å². The van der Waals surface area contributed by atoms with Gasteiger partial charge in [0.25, 0.3) is 0 Å². The lowest BCUT2D eigenvalue weighted by molar-refractivity contribution is -0.121. The third-order valence-corrected chi connectivity index (χ3v) is 4.22. The maximum atomic E-state index is 11.7. The smallest absolute Gasteiger partial charge is 0.406 e. The molecule has 148 valence electrons. The van der Waals surface area contributed by atoms with Crippen molar-refractivity contribution in [3.05, 3.63) is 0 Å². The Morgan fingerprint density at radius 1 is 0.840 bits per heavy atom. The summed E-state index contributed by atoms with van der Waals surface area (Å²) in [4.78, 5) is 24.9. The summed E-state index contributed by atoms with van der Waals surface area (Å²) in [6.07, 6.45) is 10.5. The van der Waals surface area contributed by atoms with E-state index in [9.17, 15) is 9.59 Å². The van der Waals surface area contributed by atoms with Crippen molar-refractivity contribution in [1.82, 2.24) is 15.5 Å². The third-order valence-electron chi connectivity index (χ3n) is 4.22. The van der Waals surface area contributed by atoms with Crippen LogP contribution < -0.4 is 10.6 Å². The second kappa shape index (κ2) is 17.5. The molecular weight excluding hydrogens is 318 g/mol. The van der Waals surface area contributed by atoms with Crippen LogP contribution in [0.1, 0.15) is 71.1 Å². The van der Waals surface area contributed by atoms with Crippen LogP contribution in [0, 0.1) is 0 Å². The van der Waals surface area contributed by atoms with Crippen molar-refractivity contribution >= 4 is 12.0 Å². The number of hydrogen-bond donors (Lipinski definition) is 2. The van der Waals surface area contributed by atoms with Crippen molar-refractivity contribution in [3.8, 4) is 0 Å². The summed E-state index contributed by atoms with van der Waals surface area (Å²) >= 11 is 0. The Hall–Kier alpha value is -1.30. The lowest BCUT2D eigenvalue weighted by Gasteiger charge is -2.16. The van der Waals surface area contributed by atoms with Crippen molar-refractivity contribution in [2.24, 2.45) is 0 Å². The van der Waals surface area contributed by atoms with E-state index in [1.807, 2.05) is 0 Å². The topological polar surface area (TPSA) is 70.7 Å². The first-order valence-corrected chi connectivity index (χ1v) is 9.87. The summed E-state index contributed by atoms with van der Waals surface area (Å²) in [5, 5.41) is 5.68. The molecule has 0 aliphatic carbocycles. The van der Waals surface area contributed by atoms with Crippen LogP contribution in [0.15, 0.2) is 0 Å². The van der Waals surface area contributed by atoms with Gasteiger partial charge in [0, 0.05) is 19.5 Å². The predicted molar refractivity (Wildman–Crippen MR) is 103 cm³/mol. The van der Waals surface area contributed by atoms with Gasteiger partial charge in [-0.15, -0.1) is 0 Å². The normalized spacial score (nSPS) is 10.7. The number of carbonyl (C=O) groups is 2. The molecule has 6 heteroatoms. The van der Waals surface area contributed by atoms with Gasteiger partial charge < -0.3 is 20.3 Å². The van der Waals surface area contributed by atoms with Crippen LogP contribution in [-0.4, -0.2) is 57.2 Å². The number of hydrogen-bond acceptors (Lipinski definition) is 4. The van der Waals surface area contributed by atoms with Gasteiger partial charge in [-0.3, -0.25) is 4.79 Å². The first-order valence-electron chi connectivity index (χ1n) is 9.87. The van der Waals surface area contributed by atoms with E-state index >= 15 is 0 Å². The van der Waals surface area contributed by atoms with Gasteiger partial charge in [0.05, 0.1) is 7.11 Å². The second-order valence-electron chi connectivity index (χ2n) is 6.65. The van der Waals surface area contributed by atoms with E-state index in [0.29, 0.717) is 13.0 Å². The third kappa shape index (κ3) is 17.3. The molecule has 0 rings (SSSR count). The molecule has 0 bridgehead atoms. The van der Waals surface area contributed by atoms with Gasteiger partial charge >= 0.3 is 6.09 Å². The van der Waals surface area contributed by atoms with Crippen LogP contribution in [-0.2, 0) is 9.53 Å². The van der Waals surface area contributed by atoms with E-state index in [1.54, 1.807) is 0 Å². The molecule has 6 nitrogen and oxygen atoms in total. The van der Waals surface area contributed by atoms with Gasteiger partial charge in [-0.25, -0.2) is 4.79 Å². The molecule has 2 amide bonds. The zero-order chi connectivity index (χ0) is 18.8. The molecule has 0 aromatic carbocycles. The van der Waals surface area contributed by atoms with E-state index in [-0.39, 0.29) is 12.0 Å². The van der Waals surface area contributed by atoms with Crippen molar-refractivity contribution in [3.63, 3.8) is 0 Å². The number of unbranched alkanes of at least 4 members (excludes halogenated alkanes) is 6. The largest absolute Gasteiger partial charge is 0.453 e. The van der Waals surface area contributed by atoms with Gasteiger partial charge in [-0.05, 0) is 45.8 Å². The first kappa shape index (κ1) is 23.7. The highest BCUT2D eigenvalue weighted by atomic mass is 16.5. The maximum absolute atomic E-state index is 11.7. The van der Waals surface area contributed by atoms with Crippen LogP contribution in [0.4, 0.5) is 4.79 Å². The van der Waals surface area contributed by atoms with E-state index in [2.05, 4.69) is 34.2 Å². The van der Waals surface area contributed by atoms with Gasteiger partial charge in [0.2, 0.25) is 5.91 Å². The highest BCUT2D eigenvalue weighted by molar-refractivity contribution is 5.75. The molecule has 0 aromatic heterocycles. The van der Waals surface area contributed by atoms with Crippen molar-refractivity contribution in [2.45, 2.75) is 71.1 Å². The Labute approximate surface area is 154 Å². The molecule has 0 saturated carbocycles. The summed E-state index contributed by atoms with van der Waals surface area (Å²) in [7, 11) is 3.46. The zero-order valence-electron chi connectivity index (χ0n) is 16.6. The van der Waals surface area contributed by atoms with Crippen molar-refractivity contribution in [1.29, 1.82) is 0 Å². The molecule has 0 aliphatic heterocycles. The number of carbonyl (C=O) groups excluding carboxylic acids is 2. The monoisotopic (exact) mass is 357 g/mol. The average molecular weight is 358 g/mol. The molecular formula is C19H39N3O3. The fraction of sp³-hybridized carbons (Fsp3) is 0.895. The summed E-state index contributed by atoms with van der Waals surface area (Å²) in [5.41, 5.74) is 0. The quantitative estimate of drug-likeness (QED) is 0.416. The van der Waals surface area contributed by atoms with Crippen molar-refractivity contribution < 1.29 is 14.3 Å². The maximum Gasteiger partial charge on any atom is 0.406 e. The predicted octanol–water partition coefficient (Wildman–Crippen LogP) is 3.31. The minimum Gasteiger partial charge on any atom is -0.453 e. The Morgan fingerprint density at radius 3 is 2.20 bits per heavy atom. The van der Waals surface area contributed by atoms with E-state index in [4.69, 9.17) is 0 Å². The standard InChI is InChI=1S/C19H39N3O3/c1-4-5-6-7-8-9-13-18(23)20-15-12-17-22(2)16-11-10-14-21-19(24)25-3/h4-17H2,1-3H3,(H,20,23)(H,21,24). The Morgan fingerprint density at radius 2 is 1.48 bits per heavy atom. The van der Waals surface area contributed by atoms with Crippen LogP contribution in [0.2, 0.25) is 0 Å². The Kier molecular flexibility index (Phi) is 16.6. The fourth-order valence-corrected chi connectivity index (χ4v) is 2.61. The SMILES string of the molecule is CCCCCCCCC(=O)NCCCN(C)CCCCNC(=O)OC. The minimum absolute atomic E-state index is 0.187. The zero-order valence-corrected chi connectivity index (χ0v) is 16.6.